The number of hydrogen-bond donors (Lipinski definition) is 1. The first kappa shape index (κ1) is 12.2. The van der Waals surface area contributed by atoms with Crippen LogP contribution in [-0.4, -0.2) is 29.6 Å². The largest absolute Gasteiger partial charge is 0.308 e. The molecule has 2 aliphatic rings. The summed E-state index contributed by atoms with van der Waals surface area (Å²) >= 11 is 0. The zero-order chi connectivity index (χ0) is 12.5. The van der Waals surface area contributed by atoms with Crippen molar-refractivity contribution >= 4 is 0 Å². The molecule has 1 aliphatic heterocycles. The first-order valence-corrected chi connectivity index (χ1v) is 7.29. The maximum Gasteiger partial charge on any atom is 0.0267 e. The van der Waals surface area contributed by atoms with Gasteiger partial charge in [0.25, 0.3) is 0 Å². The van der Waals surface area contributed by atoms with Crippen molar-refractivity contribution in [3.63, 3.8) is 0 Å². The molecule has 1 saturated heterocycles. The van der Waals surface area contributed by atoms with Crippen molar-refractivity contribution in [1.29, 1.82) is 0 Å². The Kier molecular flexibility index (Phi) is 3.40. The highest BCUT2D eigenvalue weighted by atomic mass is 15.3. The normalized spacial score (nSPS) is 31.4. The third kappa shape index (κ3) is 2.19. The molecule has 18 heavy (non-hydrogen) atoms. The van der Waals surface area contributed by atoms with Crippen LogP contribution in [0.15, 0.2) is 30.3 Å². The number of likely N-dealkylation sites (tertiary alicyclic amines) is 1. The van der Waals surface area contributed by atoms with Gasteiger partial charge in [0.2, 0.25) is 0 Å². The van der Waals surface area contributed by atoms with E-state index in [0.29, 0.717) is 12.1 Å². The molecule has 2 bridgehead atoms. The molecule has 1 aromatic rings. The van der Waals surface area contributed by atoms with Gasteiger partial charge in [0, 0.05) is 31.2 Å². The Labute approximate surface area is 110 Å². The zero-order valence-electron chi connectivity index (χ0n) is 11.5. The lowest BCUT2D eigenvalue weighted by atomic mass is 10.1. The number of piperidine rings is 1. The smallest absolute Gasteiger partial charge is 0.0267 e. The van der Waals surface area contributed by atoms with E-state index in [1.54, 1.807) is 0 Å². The second-order valence-corrected chi connectivity index (χ2v) is 6.09. The standard InChI is InChI=1S/C16H24N2/c1-12(2)18-11-14-8-9-15(18)16(14)17-10-13-6-4-3-5-7-13/h3-7,12,14-17H,8-11H2,1-2H3/t14-,15-,16-/m1/s1. The van der Waals surface area contributed by atoms with E-state index >= 15 is 0 Å². The minimum absolute atomic E-state index is 0.696. The van der Waals surface area contributed by atoms with E-state index < -0.39 is 0 Å². The van der Waals surface area contributed by atoms with Crippen LogP contribution < -0.4 is 5.32 Å². The van der Waals surface area contributed by atoms with Crippen LogP contribution in [0.3, 0.4) is 0 Å². The molecule has 0 amide bonds. The highest BCUT2D eigenvalue weighted by molar-refractivity contribution is 5.15. The first-order valence-electron chi connectivity index (χ1n) is 7.29. The van der Waals surface area contributed by atoms with Gasteiger partial charge in [0.15, 0.2) is 0 Å². The van der Waals surface area contributed by atoms with Gasteiger partial charge >= 0.3 is 0 Å². The van der Waals surface area contributed by atoms with Crippen LogP contribution in [0.2, 0.25) is 0 Å². The van der Waals surface area contributed by atoms with Crippen LogP contribution in [0.4, 0.5) is 0 Å². The molecular weight excluding hydrogens is 220 g/mol. The lowest BCUT2D eigenvalue weighted by Gasteiger charge is -2.31. The fourth-order valence-corrected chi connectivity index (χ4v) is 3.77. The van der Waals surface area contributed by atoms with Crippen LogP contribution in [0, 0.1) is 5.92 Å². The molecule has 0 unspecified atom stereocenters. The van der Waals surface area contributed by atoms with Crippen molar-refractivity contribution in [3.05, 3.63) is 35.9 Å². The van der Waals surface area contributed by atoms with Gasteiger partial charge in [0.05, 0.1) is 0 Å². The summed E-state index contributed by atoms with van der Waals surface area (Å²) in [7, 11) is 0. The molecule has 1 N–H and O–H groups in total. The van der Waals surface area contributed by atoms with Gasteiger partial charge < -0.3 is 5.32 Å². The molecule has 2 fully saturated rings. The van der Waals surface area contributed by atoms with Crippen molar-refractivity contribution in [1.82, 2.24) is 10.2 Å². The van der Waals surface area contributed by atoms with Gasteiger partial charge in [0.1, 0.15) is 0 Å². The molecule has 0 aromatic heterocycles. The highest BCUT2D eigenvalue weighted by Crippen LogP contribution is 2.39. The average molecular weight is 244 g/mol. The summed E-state index contributed by atoms with van der Waals surface area (Å²) in [5, 5.41) is 3.80. The molecule has 1 heterocycles. The van der Waals surface area contributed by atoms with Crippen molar-refractivity contribution < 1.29 is 0 Å². The van der Waals surface area contributed by atoms with Gasteiger partial charge in [-0.3, -0.25) is 4.90 Å². The quantitative estimate of drug-likeness (QED) is 0.876. The SMILES string of the molecule is CC(C)N1C[C@H]2CC[C@@H]1[C@@H]2NCc1ccccc1. The predicted molar refractivity (Wildman–Crippen MR) is 75.4 cm³/mol. The van der Waals surface area contributed by atoms with Crippen LogP contribution in [0.25, 0.3) is 0 Å². The minimum atomic E-state index is 0.696. The maximum absolute atomic E-state index is 3.80. The first-order chi connectivity index (χ1) is 8.75. The summed E-state index contributed by atoms with van der Waals surface area (Å²) in [6.07, 6.45) is 2.80. The Hall–Kier alpha value is -0.860. The second-order valence-electron chi connectivity index (χ2n) is 6.09. The molecule has 1 aromatic carbocycles. The highest BCUT2D eigenvalue weighted by Gasteiger charge is 2.46. The third-order valence-corrected chi connectivity index (χ3v) is 4.67. The Morgan fingerprint density at radius 3 is 2.67 bits per heavy atom. The van der Waals surface area contributed by atoms with Gasteiger partial charge in [-0.15, -0.1) is 0 Å². The molecule has 3 atom stereocenters. The number of hydrogen-bond acceptors (Lipinski definition) is 2. The zero-order valence-corrected chi connectivity index (χ0v) is 11.5. The maximum atomic E-state index is 3.80. The number of nitrogens with zero attached hydrogens (tertiary/aromatic N) is 1. The van der Waals surface area contributed by atoms with Gasteiger partial charge in [-0.2, -0.15) is 0 Å². The fourth-order valence-electron chi connectivity index (χ4n) is 3.77. The summed E-state index contributed by atoms with van der Waals surface area (Å²) in [5.74, 6) is 0.876. The molecule has 2 heteroatoms. The van der Waals surface area contributed by atoms with Gasteiger partial charge in [-0.05, 0) is 38.2 Å². The van der Waals surface area contributed by atoms with Crippen LogP contribution in [0.5, 0.6) is 0 Å². The van der Waals surface area contributed by atoms with Crippen molar-refractivity contribution in [2.45, 2.75) is 51.4 Å². The summed E-state index contributed by atoms with van der Waals surface area (Å²) in [6, 6.07) is 13.0. The lowest BCUT2D eigenvalue weighted by molar-refractivity contribution is 0.165. The summed E-state index contributed by atoms with van der Waals surface area (Å²) in [6.45, 7) is 6.98. The topological polar surface area (TPSA) is 15.3 Å². The molecule has 1 aliphatic carbocycles. The monoisotopic (exact) mass is 244 g/mol. The van der Waals surface area contributed by atoms with Crippen molar-refractivity contribution in [2.75, 3.05) is 6.54 Å². The molecule has 0 spiro atoms. The molecule has 1 saturated carbocycles. The van der Waals surface area contributed by atoms with Crippen LogP contribution >= 0.6 is 0 Å². The molecular formula is C16H24N2. The van der Waals surface area contributed by atoms with Crippen molar-refractivity contribution in [2.24, 2.45) is 5.92 Å². The predicted octanol–water partition coefficient (Wildman–Crippen LogP) is 2.65. The Morgan fingerprint density at radius 2 is 2.00 bits per heavy atom. The molecule has 0 radical (unpaired) electrons. The van der Waals surface area contributed by atoms with E-state index in [9.17, 15) is 0 Å². The number of rotatable bonds is 4. The second kappa shape index (κ2) is 5.02. The average Bonchev–Trinajstić information content (AvgIpc) is 2.94. The van der Waals surface area contributed by atoms with Gasteiger partial charge in [-0.25, -0.2) is 0 Å². The Balaban J connectivity index is 1.61. The van der Waals surface area contributed by atoms with Crippen molar-refractivity contribution in [3.8, 4) is 0 Å². The van der Waals surface area contributed by atoms with Crippen LogP contribution in [-0.2, 0) is 6.54 Å². The third-order valence-electron chi connectivity index (χ3n) is 4.67. The Morgan fingerprint density at radius 1 is 1.22 bits per heavy atom. The van der Waals surface area contributed by atoms with E-state index in [4.69, 9.17) is 0 Å². The minimum Gasteiger partial charge on any atom is -0.308 e. The lowest BCUT2D eigenvalue weighted by Crippen LogP contribution is -2.43. The summed E-state index contributed by atoms with van der Waals surface area (Å²) in [4.78, 5) is 2.69. The summed E-state index contributed by atoms with van der Waals surface area (Å²) in [5.41, 5.74) is 1.40. The number of benzene rings is 1. The van der Waals surface area contributed by atoms with E-state index in [1.165, 1.54) is 24.9 Å². The Bertz CT molecular complexity index is 387. The molecule has 3 rings (SSSR count). The number of fused-ring (bicyclic) bond motifs is 2. The van der Waals surface area contributed by atoms with E-state index in [1.807, 2.05) is 0 Å². The van der Waals surface area contributed by atoms with Crippen LogP contribution in [0.1, 0.15) is 32.3 Å². The van der Waals surface area contributed by atoms with E-state index in [2.05, 4.69) is 54.4 Å². The van der Waals surface area contributed by atoms with E-state index in [-0.39, 0.29) is 0 Å². The van der Waals surface area contributed by atoms with E-state index in [0.717, 1.165) is 18.5 Å². The molecule has 98 valence electrons. The number of nitrogens with one attached hydrogen (secondary N) is 1. The summed E-state index contributed by atoms with van der Waals surface area (Å²) < 4.78 is 0. The van der Waals surface area contributed by atoms with Gasteiger partial charge in [-0.1, -0.05) is 30.3 Å². The molecule has 2 nitrogen and oxygen atoms in total. The fraction of sp³-hybridized carbons (Fsp3) is 0.625.